The SMILES string of the molecule is O=C(C1(O)C=CC=CC1CCCCCC(Cl)Cl)C1(O)C=CC=CC1CCCCCC(Cl)Cl. The molecule has 0 radical (unpaired) electrons. The van der Waals surface area contributed by atoms with Crippen molar-refractivity contribution in [3.63, 3.8) is 0 Å². The highest BCUT2D eigenvalue weighted by Crippen LogP contribution is 2.39. The first-order chi connectivity index (χ1) is 15.2. The van der Waals surface area contributed by atoms with Gasteiger partial charge in [0.15, 0.2) is 11.2 Å². The van der Waals surface area contributed by atoms with Crippen LogP contribution in [0.5, 0.6) is 0 Å². The summed E-state index contributed by atoms with van der Waals surface area (Å²) in [5.41, 5.74) is -3.49. The van der Waals surface area contributed by atoms with Crippen molar-refractivity contribution in [2.24, 2.45) is 11.8 Å². The lowest BCUT2D eigenvalue weighted by atomic mass is 9.67. The van der Waals surface area contributed by atoms with E-state index in [9.17, 15) is 15.0 Å². The first-order valence-electron chi connectivity index (χ1n) is 11.5. The molecule has 180 valence electrons. The molecule has 0 bridgehead atoms. The van der Waals surface area contributed by atoms with Gasteiger partial charge in [-0.15, -0.1) is 46.4 Å². The van der Waals surface area contributed by atoms with Gasteiger partial charge >= 0.3 is 0 Å². The second kappa shape index (κ2) is 13.6. The molecule has 2 N–H and O–H groups in total. The van der Waals surface area contributed by atoms with Crippen molar-refractivity contribution in [1.82, 2.24) is 0 Å². The number of alkyl halides is 4. The molecule has 0 saturated carbocycles. The van der Waals surface area contributed by atoms with E-state index in [1.807, 2.05) is 24.3 Å². The molecule has 2 aliphatic rings. The van der Waals surface area contributed by atoms with E-state index >= 15 is 0 Å². The lowest BCUT2D eigenvalue weighted by molar-refractivity contribution is -0.155. The van der Waals surface area contributed by atoms with Crippen LogP contribution in [-0.2, 0) is 4.79 Å². The molecule has 0 aromatic heterocycles. The number of carbonyl (C=O) groups is 1. The smallest absolute Gasteiger partial charge is 0.204 e. The average Bonchev–Trinajstić information content (AvgIpc) is 2.74. The van der Waals surface area contributed by atoms with Crippen molar-refractivity contribution in [2.75, 3.05) is 0 Å². The molecule has 4 atom stereocenters. The van der Waals surface area contributed by atoms with Crippen LogP contribution in [0, 0.1) is 11.8 Å². The van der Waals surface area contributed by atoms with Gasteiger partial charge in [0, 0.05) is 11.8 Å². The predicted octanol–water partition coefficient (Wildman–Crippen LogP) is 7.01. The minimum Gasteiger partial charge on any atom is -0.377 e. The molecule has 7 heteroatoms. The second-order valence-electron chi connectivity index (χ2n) is 8.74. The number of Topliss-reactive ketones (excluding diaryl/α,β-unsaturated/α-hetero) is 1. The van der Waals surface area contributed by atoms with Crippen LogP contribution in [-0.4, -0.2) is 36.9 Å². The molecule has 0 saturated heterocycles. The Kier molecular flexibility index (Phi) is 11.8. The normalized spacial score (nSPS) is 29.4. The minimum absolute atomic E-state index is 0.366. The highest BCUT2D eigenvalue weighted by Gasteiger charge is 2.52. The van der Waals surface area contributed by atoms with Crippen LogP contribution in [0.25, 0.3) is 0 Å². The van der Waals surface area contributed by atoms with Gasteiger partial charge in [-0.25, -0.2) is 0 Å². The highest BCUT2D eigenvalue weighted by atomic mass is 35.5. The Morgan fingerprint density at radius 3 is 1.47 bits per heavy atom. The summed E-state index contributed by atoms with van der Waals surface area (Å²) in [5, 5.41) is 22.9. The van der Waals surface area contributed by atoms with E-state index in [1.165, 1.54) is 12.2 Å². The van der Waals surface area contributed by atoms with Gasteiger partial charge < -0.3 is 10.2 Å². The average molecular weight is 524 g/mol. The molecule has 4 unspecified atom stereocenters. The number of allylic oxidation sites excluding steroid dienone is 4. The van der Waals surface area contributed by atoms with Crippen LogP contribution in [0.1, 0.15) is 64.2 Å². The van der Waals surface area contributed by atoms with Crippen LogP contribution in [0.15, 0.2) is 48.6 Å². The standard InChI is InChI=1S/C25H34Cl4O3/c26-21(27)15-5-1-3-11-19-13-7-9-17-24(19,31)23(30)25(32)18-10-8-14-20(25)12-4-2-6-16-22(28)29/h7-10,13-14,17-22,31-32H,1-6,11-12,15-16H2. The van der Waals surface area contributed by atoms with Gasteiger partial charge in [0.1, 0.15) is 9.67 Å². The van der Waals surface area contributed by atoms with Crippen LogP contribution in [0.3, 0.4) is 0 Å². The Morgan fingerprint density at radius 2 is 1.09 bits per heavy atom. The minimum atomic E-state index is -1.75. The third kappa shape index (κ3) is 7.89. The van der Waals surface area contributed by atoms with E-state index in [2.05, 4.69) is 0 Å². The summed E-state index contributed by atoms with van der Waals surface area (Å²) >= 11 is 23.1. The van der Waals surface area contributed by atoms with Crippen molar-refractivity contribution in [1.29, 1.82) is 0 Å². The summed E-state index contributed by atoms with van der Waals surface area (Å²) in [5.74, 6) is -1.35. The van der Waals surface area contributed by atoms with E-state index in [4.69, 9.17) is 46.4 Å². The molecular weight excluding hydrogens is 490 g/mol. The number of aliphatic hydroxyl groups is 2. The molecular formula is C25H34Cl4O3. The Labute approximate surface area is 212 Å². The number of hydrogen-bond acceptors (Lipinski definition) is 3. The highest BCUT2D eigenvalue weighted by molar-refractivity contribution is 6.44. The van der Waals surface area contributed by atoms with Crippen molar-refractivity contribution < 1.29 is 15.0 Å². The van der Waals surface area contributed by atoms with Gasteiger partial charge in [0.2, 0.25) is 5.78 Å². The maximum atomic E-state index is 13.6. The number of halogens is 4. The lowest BCUT2D eigenvalue weighted by Crippen LogP contribution is -2.58. The molecule has 2 rings (SSSR count). The Morgan fingerprint density at radius 1 is 0.688 bits per heavy atom. The van der Waals surface area contributed by atoms with Crippen molar-refractivity contribution in [3.05, 3.63) is 48.6 Å². The Hall–Kier alpha value is -0.290. The Balaban J connectivity index is 2.03. The summed E-state index contributed by atoms with van der Waals surface area (Å²) in [4.78, 5) is 12.9. The van der Waals surface area contributed by atoms with E-state index < -0.39 is 28.8 Å². The fraction of sp³-hybridized carbons (Fsp3) is 0.640. The van der Waals surface area contributed by atoms with Gasteiger partial charge in [0.05, 0.1) is 0 Å². The fourth-order valence-corrected chi connectivity index (χ4v) is 5.08. The van der Waals surface area contributed by atoms with Gasteiger partial charge in [-0.05, 0) is 37.8 Å². The number of ketones is 1. The van der Waals surface area contributed by atoms with Gasteiger partial charge in [0.25, 0.3) is 0 Å². The predicted molar refractivity (Wildman–Crippen MR) is 136 cm³/mol. The molecule has 0 heterocycles. The van der Waals surface area contributed by atoms with E-state index in [-0.39, 0.29) is 9.67 Å². The first-order valence-corrected chi connectivity index (χ1v) is 13.2. The molecule has 0 amide bonds. The van der Waals surface area contributed by atoms with Gasteiger partial charge in [-0.1, -0.05) is 75.0 Å². The largest absolute Gasteiger partial charge is 0.377 e. The molecule has 0 aromatic rings. The third-order valence-corrected chi connectivity index (χ3v) is 7.22. The number of rotatable bonds is 14. The zero-order valence-corrected chi connectivity index (χ0v) is 21.3. The van der Waals surface area contributed by atoms with E-state index in [0.29, 0.717) is 12.8 Å². The number of unbranched alkanes of at least 4 members (excludes halogenated alkanes) is 4. The first kappa shape index (κ1) is 28.0. The monoisotopic (exact) mass is 522 g/mol. The van der Waals surface area contributed by atoms with E-state index in [1.54, 1.807) is 12.2 Å². The summed E-state index contributed by atoms with van der Waals surface area (Å²) < 4.78 is 0. The van der Waals surface area contributed by atoms with Crippen molar-refractivity contribution in [2.45, 2.75) is 85.1 Å². The molecule has 3 nitrogen and oxygen atoms in total. The maximum Gasteiger partial charge on any atom is 0.204 e. The maximum absolute atomic E-state index is 13.6. The summed E-state index contributed by atoms with van der Waals surface area (Å²) in [6, 6.07) is 0. The molecule has 0 aliphatic heterocycles. The zero-order chi connectivity index (χ0) is 23.6. The van der Waals surface area contributed by atoms with Crippen LogP contribution < -0.4 is 0 Å². The molecule has 32 heavy (non-hydrogen) atoms. The summed E-state index contributed by atoms with van der Waals surface area (Å²) in [6.07, 6.45) is 21.8. The van der Waals surface area contributed by atoms with Crippen LogP contribution >= 0.6 is 46.4 Å². The molecule has 0 fully saturated rings. The second-order valence-corrected chi connectivity index (χ2v) is 11.3. The number of hydrogen-bond donors (Lipinski definition) is 2. The van der Waals surface area contributed by atoms with Crippen molar-refractivity contribution >= 4 is 52.2 Å². The summed E-state index contributed by atoms with van der Waals surface area (Å²) in [7, 11) is 0. The topological polar surface area (TPSA) is 57.5 Å². The summed E-state index contributed by atoms with van der Waals surface area (Å²) in [6.45, 7) is 0. The molecule has 2 aliphatic carbocycles. The zero-order valence-electron chi connectivity index (χ0n) is 18.3. The van der Waals surface area contributed by atoms with Gasteiger partial charge in [-0.3, -0.25) is 4.79 Å². The quantitative estimate of drug-likeness (QED) is 0.190. The van der Waals surface area contributed by atoms with Crippen LogP contribution in [0.4, 0.5) is 0 Å². The van der Waals surface area contributed by atoms with Crippen molar-refractivity contribution in [3.8, 4) is 0 Å². The number of carbonyl (C=O) groups excluding carboxylic acids is 1. The van der Waals surface area contributed by atoms with E-state index in [0.717, 1.165) is 51.4 Å². The van der Waals surface area contributed by atoms with Crippen LogP contribution in [0.2, 0.25) is 0 Å². The lowest BCUT2D eigenvalue weighted by Gasteiger charge is -2.41. The molecule has 0 aromatic carbocycles. The molecule has 0 spiro atoms. The van der Waals surface area contributed by atoms with Gasteiger partial charge in [-0.2, -0.15) is 0 Å². The third-order valence-electron chi connectivity index (χ3n) is 6.34. The Bertz CT molecular complexity index is 658. The fourth-order valence-electron chi connectivity index (χ4n) is 4.46.